The van der Waals surface area contributed by atoms with Crippen molar-refractivity contribution in [1.29, 1.82) is 0 Å². The van der Waals surface area contributed by atoms with E-state index in [1.54, 1.807) is 0 Å². The van der Waals surface area contributed by atoms with Gasteiger partial charge in [0.2, 0.25) is 0 Å². The van der Waals surface area contributed by atoms with Gasteiger partial charge in [0.05, 0.1) is 13.2 Å². The van der Waals surface area contributed by atoms with Crippen LogP contribution in [0.1, 0.15) is 30.9 Å². The van der Waals surface area contributed by atoms with Crippen LogP contribution in [0.3, 0.4) is 0 Å². The molecule has 5 nitrogen and oxygen atoms in total. The molecular weight excluding hydrogens is 302 g/mol. The minimum atomic E-state index is -0.0133. The van der Waals surface area contributed by atoms with E-state index in [1.165, 1.54) is 19.4 Å². The van der Waals surface area contributed by atoms with Gasteiger partial charge < -0.3 is 19.9 Å². The molecule has 2 aliphatic heterocycles. The highest BCUT2D eigenvalue weighted by atomic mass is 16.5. The van der Waals surface area contributed by atoms with Crippen LogP contribution in [0.4, 0.5) is 4.79 Å². The molecule has 2 saturated heterocycles. The maximum absolute atomic E-state index is 12.6. The highest BCUT2D eigenvalue weighted by molar-refractivity contribution is 5.74. The Morgan fingerprint density at radius 2 is 1.96 bits per heavy atom. The van der Waals surface area contributed by atoms with Gasteiger partial charge in [-0.15, -0.1) is 0 Å². The number of rotatable bonds is 4. The first kappa shape index (κ1) is 15.9. The van der Waals surface area contributed by atoms with E-state index < -0.39 is 0 Å². The van der Waals surface area contributed by atoms with Gasteiger partial charge in [-0.05, 0) is 30.7 Å². The third-order valence-electron chi connectivity index (χ3n) is 5.34. The van der Waals surface area contributed by atoms with E-state index >= 15 is 0 Å². The molecule has 2 heterocycles. The maximum Gasteiger partial charge on any atom is 0.317 e. The van der Waals surface area contributed by atoms with Gasteiger partial charge in [-0.3, -0.25) is 0 Å². The standard InChI is InChI=1S/C19H27N3O2/c23-19(20-17-8-9-21(13-17)12-15-6-7-15)22-10-11-24-18(14-22)16-4-2-1-3-5-16/h1-5,15,17-18H,6-14H2,(H,20,23)/t17-,18-/m1/s1. The Bertz CT molecular complexity index is 561. The summed E-state index contributed by atoms with van der Waals surface area (Å²) in [5, 5.41) is 3.23. The maximum atomic E-state index is 12.6. The molecule has 130 valence electrons. The van der Waals surface area contributed by atoms with E-state index in [9.17, 15) is 4.79 Å². The monoisotopic (exact) mass is 329 g/mol. The summed E-state index contributed by atoms with van der Waals surface area (Å²) in [6.07, 6.45) is 3.84. The smallest absolute Gasteiger partial charge is 0.317 e. The number of morpholine rings is 1. The summed E-state index contributed by atoms with van der Waals surface area (Å²) >= 11 is 0. The van der Waals surface area contributed by atoms with Crippen LogP contribution >= 0.6 is 0 Å². The van der Waals surface area contributed by atoms with E-state index in [0.717, 1.165) is 31.0 Å². The lowest BCUT2D eigenvalue weighted by molar-refractivity contribution is -0.0157. The minimum Gasteiger partial charge on any atom is -0.370 e. The number of hydrogen-bond acceptors (Lipinski definition) is 3. The van der Waals surface area contributed by atoms with Crippen LogP contribution in [0.5, 0.6) is 0 Å². The number of carbonyl (C=O) groups excluding carboxylic acids is 1. The third kappa shape index (κ3) is 3.90. The first-order valence-electron chi connectivity index (χ1n) is 9.22. The second kappa shape index (κ2) is 7.11. The van der Waals surface area contributed by atoms with Gasteiger partial charge in [0.1, 0.15) is 6.10 Å². The van der Waals surface area contributed by atoms with E-state index in [2.05, 4.69) is 22.3 Å². The number of nitrogens with one attached hydrogen (secondary N) is 1. The summed E-state index contributed by atoms with van der Waals surface area (Å²) in [5.41, 5.74) is 1.14. The Labute approximate surface area is 144 Å². The summed E-state index contributed by atoms with van der Waals surface area (Å²) in [5.74, 6) is 0.922. The summed E-state index contributed by atoms with van der Waals surface area (Å²) in [4.78, 5) is 17.0. The van der Waals surface area contributed by atoms with Crippen LogP contribution in [0.25, 0.3) is 0 Å². The quantitative estimate of drug-likeness (QED) is 0.921. The van der Waals surface area contributed by atoms with Crippen molar-refractivity contribution in [3.05, 3.63) is 35.9 Å². The zero-order valence-electron chi connectivity index (χ0n) is 14.2. The molecule has 0 radical (unpaired) electrons. The molecule has 2 amide bonds. The summed E-state index contributed by atoms with van der Waals surface area (Å²) in [7, 11) is 0. The average Bonchev–Trinajstić information content (AvgIpc) is 3.34. The van der Waals surface area contributed by atoms with Crippen LogP contribution < -0.4 is 5.32 Å². The molecule has 1 aliphatic carbocycles. The van der Waals surface area contributed by atoms with E-state index in [0.29, 0.717) is 25.7 Å². The van der Waals surface area contributed by atoms with Gasteiger partial charge in [0.25, 0.3) is 0 Å². The lowest BCUT2D eigenvalue weighted by Gasteiger charge is -2.34. The third-order valence-corrected chi connectivity index (χ3v) is 5.34. The number of urea groups is 1. The summed E-state index contributed by atoms with van der Waals surface area (Å²) in [6, 6.07) is 10.5. The van der Waals surface area contributed by atoms with Gasteiger partial charge in [0.15, 0.2) is 0 Å². The Morgan fingerprint density at radius 1 is 1.12 bits per heavy atom. The Morgan fingerprint density at radius 3 is 2.75 bits per heavy atom. The molecular formula is C19H27N3O2. The molecule has 3 aliphatic rings. The zero-order valence-corrected chi connectivity index (χ0v) is 14.2. The summed E-state index contributed by atoms with van der Waals surface area (Å²) < 4.78 is 5.85. The molecule has 24 heavy (non-hydrogen) atoms. The highest BCUT2D eigenvalue weighted by Crippen LogP contribution is 2.30. The number of likely N-dealkylation sites (tertiary alicyclic amines) is 1. The van der Waals surface area contributed by atoms with E-state index in [1.807, 2.05) is 23.1 Å². The predicted octanol–water partition coefficient (Wildman–Crippen LogP) is 2.25. The molecule has 5 heteroatoms. The summed E-state index contributed by atoms with van der Waals surface area (Å²) in [6.45, 7) is 5.26. The second-order valence-corrected chi connectivity index (χ2v) is 7.35. The van der Waals surface area contributed by atoms with Gasteiger partial charge in [0, 0.05) is 32.2 Å². The molecule has 1 aromatic rings. The Kier molecular flexibility index (Phi) is 4.72. The van der Waals surface area contributed by atoms with Crippen molar-refractivity contribution in [1.82, 2.24) is 15.1 Å². The van der Waals surface area contributed by atoms with Crippen molar-refractivity contribution >= 4 is 6.03 Å². The molecule has 0 spiro atoms. The number of nitrogens with zero attached hydrogens (tertiary/aromatic N) is 2. The van der Waals surface area contributed by atoms with Gasteiger partial charge in [-0.1, -0.05) is 30.3 Å². The molecule has 2 atom stereocenters. The molecule has 1 aromatic carbocycles. The Balaban J connectivity index is 1.28. The normalized spacial score (nSPS) is 28.1. The lowest BCUT2D eigenvalue weighted by Crippen LogP contribution is -2.50. The van der Waals surface area contributed by atoms with E-state index in [-0.39, 0.29) is 12.1 Å². The fraction of sp³-hybridized carbons (Fsp3) is 0.632. The number of carbonyl (C=O) groups is 1. The predicted molar refractivity (Wildman–Crippen MR) is 92.8 cm³/mol. The largest absolute Gasteiger partial charge is 0.370 e. The fourth-order valence-corrected chi connectivity index (χ4v) is 3.75. The molecule has 3 fully saturated rings. The topological polar surface area (TPSA) is 44.8 Å². The molecule has 4 rings (SSSR count). The van der Waals surface area contributed by atoms with Crippen molar-refractivity contribution < 1.29 is 9.53 Å². The van der Waals surface area contributed by atoms with Crippen LogP contribution in [0, 0.1) is 5.92 Å². The van der Waals surface area contributed by atoms with Crippen molar-refractivity contribution in [2.75, 3.05) is 39.3 Å². The molecule has 0 unspecified atom stereocenters. The lowest BCUT2D eigenvalue weighted by atomic mass is 10.1. The minimum absolute atomic E-state index is 0.0133. The van der Waals surface area contributed by atoms with Crippen LogP contribution in [0.15, 0.2) is 30.3 Å². The van der Waals surface area contributed by atoms with Gasteiger partial charge >= 0.3 is 6.03 Å². The number of hydrogen-bond donors (Lipinski definition) is 1. The molecule has 0 bridgehead atoms. The van der Waals surface area contributed by atoms with Crippen molar-refractivity contribution in [3.8, 4) is 0 Å². The Hall–Kier alpha value is -1.59. The fourth-order valence-electron chi connectivity index (χ4n) is 3.75. The first-order chi connectivity index (χ1) is 11.8. The van der Waals surface area contributed by atoms with Gasteiger partial charge in [-0.25, -0.2) is 4.79 Å². The van der Waals surface area contributed by atoms with Crippen LogP contribution in [0.2, 0.25) is 0 Å². The van der Waals surface area contributed by atoms with Crippen LogP contribution in [-0.2, 0) is 4.74 Å². The van der Waals surface area contributed by atoms with E-state index in [4.69, 9.17) is 4.74 Å². The number of amides is 2. The number of benzene rings is 1. The molecule has 1 saturated carbocycles. The highest BCUT2D eigenvalue weighted by Gasteiger charge is 2.31. The van der Waals surface area contributed by atoms with Crippen molar-refractivity contribution in [2.24, 2.45) is 5.92 Å². The van der Waals surface area contributed by atoms with Crippen molar-refractivity contribution in [2.45, 2.75) is 31.4 Å². The van der Waals surface area contributed by atoms with Crippen LogP contribution in [-0.4, -0.2) is 61.2 Å². The van der Waals surface area contributed by atoms with Gasteiger partial charge in [-0.2, -0.15) is 0 Å². The first-order valence-corrected chi connectivity index (χ1v) is 9.22. The number of ether oxygens (including phenoxy) is 1. The van der Waals surface area contributed by atoms with Crippen molar-refractivity contribution in [3.63, 3.8) is 0 Å². The zero-order chi connectivity index (χ0) is 16.4. The molecule has 0 aromatic heterocycles. The second-order valence-electron chi connectivity index (χ2n) is 7.35. The average molecular weight is 329 g/mol. The SMILES string of the molecule is O=C(N[C@@H]1CCN(CC2CC2)C1)N1CCO[C@@H](c2ccccc2)C1. The molecule has 1 N–H and O–H groups in total.